The normalized spacial score (nSPS) is 12.8. The van der Waals surface area contributed by atoms with Crippen LogP contribution in [0.1, 0.15) is 35.0 Å². The summed E-state index contributed by atoms with van der Waals surface area (Å²) in [6, 6.07) is 4.36. The second-order valence-electron chi connectivity index (χ2n) is 7.78. The molecule has 7 nitrogen and oxygen atoms in total. The number of hydrogen-bond acceptors (Lipinski definition) is 5. The Hall–Kier alpha value is -3.95. The van der Waals surface area contributed by atoms with E-state index in [-0.39, 0.29) is 18.9 Å². The molecule has 4 N–H and O–H groups in total. The number of anilines is 1. The van der Waals surface area contributed by atoms with E-state index in [4.69, 9.17) is 5.73 Å². The molecule has 3 aromatic heterocycles. The summed E-state index contributed by atoms with van der Waals surface area (Å²) in [7, 11) is 0. The maximum atomic E-state index is 12.9. The van der Waals surface area contributed by atoms with Gasteiger partial charge in [0.1, 0.15) is 11.5 Å². The van der Waals surface area contributed by atoms with Crippen LogP contribution in [0.15, 0.2) is 52.8 Å². The lowest BCUT2D eigenvalue weighted by atomic mass is 10.1. The standard InChI is InChI=1S/C24H25F3N6O/c1-5-15(23(34)31-12-20-13(2)6-21(28)32-14(20)3)8-18(29-4)10-19-9-16-7-17(24(25,26)27)11-30-22(16)33-19/h5-9,11H,4,10,12H2,1-3H3,(H2,28,32)(H,30,33)(H,31,34)/b15-5+,18-8-. The van der Waals surface area contributed by atoms with Crippen molar-refractivity contribution in [3.63, 3.8) is 0 Å². The minimum absolute atomic E-state index is 0.228. The summed E-state index contributed by atoms with van der Waals surface area (Å²) in [5.74, 6) is 0.109. The van der Waals surface area contributed by atoms with Gasteiger partial charge in [0.25, 0.3) is 5.91 Å². The minimum atomic E-state index is -4.47. The number of aliphatic imine (C=N–C) groups is 1. The number of hydrogen-bond donors (Lipinski definition) is 3. The number of pyridine rings is 2. The number of amides is 1. The third-order valence-electron chi connectivity index (χ3n) is 5.32. The van der Waals surface area contributed by atoms with Gasteiger partial charge in [0.05, 0.1) is 5.56 Å². The number of halogens is 3. The molecule has 0 aliphatic carbocycles. The summed E-state index contributed by atoms with van der Waals surface area (Å²) in [4.78, 5) is 27.8. The molecule has 0 bridgehead atoms. The first-order valence-corrected chi connectivity index (χ1v) is 10.4. The highest BCUT2D eigenvalue weighted by atomic mass is 19.4. The third-order valence-corrected chi connectivity index (χ3v) is 5.32. The molecule has 0 unspecified atom stereocenters. The number of H-pyrrole nitrogens is 1. The van der Waals surface area contributed by atoms with Crippen LogP contribution in [0.5, 0.6) is 0 Å². The molecule has 0 saturated carbocycles. The molecule has 0 radical (unpaired) electrons. The van der Waals surface area contributed by atoms with Crippen LogP contribution in [0, 0.1) is 13.8 Å². The number of fused-ring (bicyclic) bond motifs is 1. The molecule has 3 rings (SSSR count). The molecule has 0 aromatic carbocycles. The van der Waals surface area contributed by atoms with Crippen LogP contribution in [-0.2, 0) is 23.9 Å². The van der Waals surface area contributed by atoms with Gasteiger partial charge in [-0.3, -0.25) is 9.79 Å². The Morgan fingerprint density at radius 1 is 1.29 bits per heavy atom. The van der Waals surface area contributed by atoms with Crippen LogP contribution in [-0.4, -0.2) is 27.6 Å². The van der Waals surface area contributed by atoms with Crippen molar-refractivity contribution in [1.82, 2.24) is 20.3 Å². The number of allylic oxidation sites excluding steroid dienone is 2. The van der Waals surface area contributed by atoms with Gasteiger partial charge in [-0.15, -0.1) is 0 Å². The molecule has 0 fully saturated rings. The largest absolute Gasteiger partial charge is 0.417 e. The minimum Gasteiger partial charge on any atom is -0.384 e. The van der Waals surface area contributed by atoms with E-state index < -0.39 is 11.7 Å². The van der Waals surface area contributed by atoms with E-state index in [1.165, 1.54) is 0 Å². The number of aromatic amines is 1. The van der Waals surface area contributed by atoms with Gasteiger partial charge < -0.3 is 16.0 Å². The summed E-state index contributed by atoms with van der Waals surface area (Å²) in [6.45, 7) is 9.28. The average Bonchev–Trinajstić information content (AvgIpc) is 3.16. The van der Waals surface area contributed by atoms with Crippen LogP contribution in [0.4, 0.5) is 19.0 Å². The highest BCUT2D eigenvalue weighted by Gasteiger charge is 2.31. The summed E-state index contributed by atoms with van der Waals surface area (Å²) in [5, 5.41) is 3.20. The van der Waals surface area contributed by atoms with Crippen molar-refractivity contribution in [2.75, 3.05) is 5.73 Å². The van der Waals surface area contributed by atoms with Crippen LogP contribution >= 0.6 is 0 Å². The number of nitrogens with two attached hydrogens (primary N) is 1. The van der Waals surface area contributed by atoms with Crippen LogP contribution in [0.25, 0.3) is 11.0 Å². The lowest BCUT2D eigenvalue weighted by Crippen LogP contribution is -2.25. The van der Waals surface area contributed by atoms with Crippen molar-refractivity contribution in [2.24, 2.45) is 4.99 Å². The number of aryl methyl sites for hydroxylation is 2. The smallest absolute Gasteiger partial charge is 0.384 e. The first-order valence-electron chi connectivity index (χ1n) is 10.4. The third kappa shape index (κ3) is 5.69. The molecule has 3 heterocycles. The van der Waals surface area contributed by atoms with Crippen molar-refractivity contribution in [3.8, 4) is 0 Å². The fraction of sp³-hybridized carbons (Fsp3) is 0.250. The summed E-state index contributed by atoms with van der Waals surface area (Å²) >= 11 is 0. The van der Waals surface area contributed by atoms with Crippen molar-refractivity contribution >= 4 is 29.5 Å². The van der Waals surface area contributed by atoms with Gasteiger partial charge in [0.15, 0.2) is 0 Å². The molecule has 178 valence electrons. The molecule has 0 spiro atoms. The first-order chi connectivity index (χ1) is 16.0. The maximum Gasteiger partial charge on any atom is 0.417 e. The van der Waals surface area contributed by atoms with E-state index in [9.17, 15) is 18.0 Å². The molecule has 34 heavy (non-hydrogen) atoms. The number of nitrogen functional groups attached to an aromatic ring is 1. The van der Waals surface area contributed by atoms with Gasteiger partial charge in [-0.1, -0.05) is 6.08 Å². The Kier molecular flexibility index (Phi) is 7.19. The Morgan fingerprint density at radius 2 is 2.03 bits per heavy atom. The van der Waals surface area contributed by atoms with Gasteiger partial charge in [0.2, 0.25) is 0 Å². The van der Waals surface area contributed by atoms with Gasteiger partial charge in [-0.05, 0) is 62.9 Å². The maximum absolute atomic E-state index is 12.9. The molecule has 0 aliphatic heterocycles. The lowest BCUT2D eigenvalue weighted by molar-refractivity contribution is -0.137. The summed E-state index contributed by atoms with van der Waals surface area (Å²) < 4.78 is 38.8. The topological polar surface area (TPSA) is 109 Å². The Bertz CT molecular complexity index is 1280. The van der Waals surface area contributed by atoms with Crippen molar-refractivity contribution in [3.05, 3.63) is 75.9 Å². The predicted octanol–water partition coefficient (Wildman–Crippen LogP) is 4.57. The Labute approximate surface area is 194 Å². The van der Waals surface area contributed by atoms with Gasteiger partial charge >= 0.3 is 6.18 Å². The van der Waals surface area contributed by atoms with Crippen molar-refractivity contribution in [2.45, 2.75) is 39.9 Å². The number of carbonyl (C=O) groups is 1. The number of alkyl halides is 3. The fourth-order valence-corrected chi connectivity index (χ4v) is 3.56. The number of nitrogens with one attached hydrogen (secondary N) is 2. The van der Waals surface area contributed by atoms with E-state index in [0.29, 0.717) is 33.8 Å². The zero-order valence-electron chi connectivity index (χ0n) is 19.0. The molecular formula is C24H25F3N6O. The van der Waals surface area contributed by atoms with Gasteiger partial charge in [-0.25, -0.2) is 9.97 Å². The number of aromatic nitrogens is 3. The second-order valence-corrected chi connectivity index (χ2v) is 7.78. The van der Waals surface area contributed by atoms with Crippen LogP contribution < -0.4 is 11.1 Å². The van der Waals surface area contributed by atoms with E-state index in [2.05, 4.69) is 32.0 Å². The second kappa shape index (κ2) is 9.90. The molecule has 1 amide bonds. The van der Waals surface area contributed by atoms with Crippen molar-refractivity contribution in [1.29, 1.82) is 0 Å². The highest BCUT2D eigenvalue weighted by Crippen LogP contribution is 2.30. The molecule has 3 aromatic rings. The fourth-order valence-electron chi connectivity index (χ4n) is 3.56. The molecular weight excluding hydrogens is 445 g/mol. The molecule has 0 saturated heterocycles. The van der Waals surface area contributed by atoms with Gasteiger partial charge in [0, 0.05) is 47.2 Å². The van der Waals surface area contributed by atoms with E-state index in [1.54, 1.807) is 31.2 Å². The van der Waals surface area contributed by atoms with Crippen LogP contribution in [0.2, 0.25) is 0 Å². The van der Waals surface area contributed by atoms with E-state index in [1.807, 2.05) is 13.8 Å². The first kappa shape index (κ1) is 24.7. The lowest BCUT2D eigenvalue weighted by Gasteiger charge is -2.12. The molecule has 0 atom stereocenters. The summed E-state index contributed by atoms with van der Waals surface area (Å²) in [6.07, 6.45) is -0.230. The van der Waals surface area contributed by atoms with Crippen LogP contribution in [0.3, 0.4) is 0 Å². The zero-order valence-corrected chi connectivity index (χ0v) is 19.0. The Balaban J connectivity index is 1.75. The monoisotopic (exact) mass is 470 g/mol. The quantitative estimate of drug-likeness (QED) is 0.267. The number of carbonyl (C=O) groups excluding carboxylic acids is 1. The summed E-state index contributed by atoms with van der Waals surface area (Å²) in [5.41, 5.74) is 9.24. The SMILES string of the molecule is C=N/C(=C\C(=C/C)C(=O)NCc1c(C)cc(N)nc1C)Cc1cc2cc(C(F)(F)F)cnc2[nH]1. The Morgan fingerprint density at radius 3 is 2.65 bits per heavy atom. The number of nitrogens with zero attached hydrogens (tertiary/aromatic N) is 3. The van der Waals surface area contributed by atoms with Crippen molar-refractivity contribution < 1.29 is 18.0 Å². The van der Waals surface area contributed by atoms with Gasteiger partial charge in [-0.2, -0.15) is 13.2 Å². The predicted molar refractivity (Wildman–Crippen MR) is 126 cm³/mol. The number of rotatable bonds is 7. The van der Waals surface area contributed by atoms with E-state index >= 15 is 0 Å². The molecule has 10 heteroatoms. The average molecular weight is 470 g/mol. The zero-order chi connectivity index (χ0) is 25.0. The molecule has 0 aliphatic rings. The highest BCUT2D eigenvalue weighted by molar-refractivity contribution is 5.96. The van der Waals surface area contributed by atoms with E-state index in [0.717, 1.165) is 29.1 Å².